The molecule has 0 bridgehead atoms. The minimum atomic E-state index is -0.448. The van der Waals surface area contributed by atoms with E-state index >= 15 is 0 Å². The number of aromatic nitrogens is 1. The van der Waals surface area contributed by atoms with Gasteiger partial charge in [0.15, 0.2) is 0 Å². The molecule has 1 amide bonds. The molecule has 1 saturated heterocycles. The fourth-order valence-electron chi connectivity index (χ4n) is 3.89. The number of hydrogen-bond donors (Lipinski definition) is 1. The van der Waals surface area contributed by atoms with E-state index < -0.39 is 5.41 Å². The van der Waals surface area contributed by atoms with Crippen molar-refractivity contribution in [2.75, 3.05) is 6.54 Å². The van der Waals surface area contributed by atoms with E-state index in [9.17, 15) is 4.79 Å². The molecule has 0 spiro atoms. The largest absolute Gasteiger partial charge is 0.347 e. The van der Waals surface area contributed by atoms with E-state index in [4.69, 9.17) is 23.2 Å². The van der Waals surface area contributed by atoms with Crippen LogP contribution in [-0.4, -0.2) is 28.4 Å². The maximum atomic E-state index is 12.8. The summed E-state index contributed by atoms with van der Waals surface area (Å²) in [5.74, 6) is 0.0428. The quantitative estimate of drug-likeness (QED) is 0.586. The number of likely N-dealkylation sites (tertiary alicyclic amines) is 1. The smallest absolute Gasteiger partial charge is 0.225 e. The summed E-state index contributed by atoms with van der Waals surface area (Å²) in [5.41, 5.74) is 1.54. The number of nitrogens with one attached hydrogen (secondary N) is 1. The van der Waals surface area contributed by atoms with Crippen molar-refractivity contribution in [3.05, 3.63) is 63.9 Å². The average molecular weight is 448 g/mol. The zero-order valence-electron chi connectivity index (χ0n) is 18.0. The predicted octanol–water partition coefficient (Wildman–Crippen LogP) is 6.04. The molecule has 1 fully saturated rings. The summed E-state index contributed by atoms with van der Waals surface area (Å²) < 4.78 is 0. The Morgan fingerprint density at radius 3 is 2.70 bits per heavy atom. The van der Waals surface area contributed by atoms with Gasteiger partial charge in [-0.2, -0.15) is 0 Å². The van der Waals surface area contributed by atoms with E-state index in [1.165, 1.54) is 12.8 Å². The third-order valence-corrected chi connectivity index (χ3v) is 6.26. The molecule has 1 aromatic heterocycles. The van der Waals surface area contributed by atoms with Gasteiger partial charge in [0.25, 0.3) is 0 Å². The first-order chi connectivity index (χ1) is 14.2. The fraction of sp³-hybridized carbons (Fsp3) is 0.500. The van der Waals surface area contributed by atoms with Crippen molar-refractivity contribution >= 4 is 29.1 Å². The van der Waals surface area contributed by atoms with Crippen LogP contribution in [0.1, 0.15) is 63.8 Å². The van der Waals surface area contributed by atoms with Gasteiger partial charge in [0, 0.05) is 34.2 Å². The van der Waals surface area contributed by atoms with Gasteiger partial charge >= 0.3 is 0 Å². The predicted molar refractivity (Wildman–Crippen MR) is 124 cm³/mol. The molecule has 0 aliphatic carbocycles. The molecule has 2 aromatic rings. The standard InChI is InChI=1S/C24H31Cl2N3O/c1-24(2,3)23(30)28-22(21-9-4-6-12-27-21)15-19-8-5-7-13-29(19)16-17-10-11-18(25)14-20(17)26/h4,6,9-12,14,19,22H,5,7-8,13,15-16H2,1-3H3,(H,28,30)/t19-,22+/m1/s1. The Balaban J connectivity index is 1.79. The highest BCUT2D eigenvalue weighted by molar-refractivity contribution is 6.35. The van der Waals surface area contributed by atoms with Crippen LogP contribution >= 0.6 is 23.2 Å². The number of piperidine rings is 1. The summed E-state index contributed by atoms with van der Waals surface area (Å²) in [4.78, 5) is 19.8. The molecule has 1 aromatic carbocycles. The number of benzene rings is 1. The highest BCUT2D eigenvalue weighted by Crippen LogP contribution is 2.30. The molecule has 1 aliphatic rings. The van der Waals surface area contributed by atoms with Gasteiger partial charge in [-0.1, -0.05) is 62.5 Å². The molecule has 162 valence electrons. The third kappa shape index (κ3) is 6.19. The first-order valence-electron chi connectivity index (χ1n) is 10.6. The highest BCUT2D eigenvalue weighted by Gasteiger charge is 2.30. The van der Waals surface area contributed by atoms with Crippen LogP contribution in [-0.2, 0) is 11.3 Å². The number of pyridine rings is 1. The van der Waals surface area contributed by atoms with E-state index in [1.807, 2.05) is 51.1 Å². The molecule has 0 unspecified atom stereocenters. The highest BCUT2D eigenvalue weighted by atomic mass is 35.5. The van der Waals surface area contributed by atoms with Crippen molar-refractivity contribution in [1.82, 2.24) is 15.2 Å². The molecular formula is C24H31Cl2N3O. The maximum Gasteiger partial charge on any atom is 0.225 e. The number of halogens is 2. The lowest BCUT2D eigenvalue weighted by molar-refractivity contribution is -0.129. The van der Waals surface area contributed by atoms with Gasteiger partial charge in [-0.15, -0.1) is 0 Å². The minimum Gasteiger partial charge on any atom is -0.347 e. The van der Waals surface area contributed by atoms with Gasteiger partial charge in [-0.05, 0) is 55.6 Å². The van der Waals surface area contributed by atoms with E-state index in [1.54, 1.807) is 12.3 Å². The van der Waals surface area contributed by atoms with Crippen LogP contribution in [0.3, 0.4) is 0 Å². The summed E-state index contributed by atoms with van der Waals surface area (Å²) in [6.07, 6.45) is 6.07. The SMILES string of the molecule is CC(C)(C)C(=O)N[C@@H](C[C@H]1CCCCN1Cc1ccc(Cl)cc1Cl)c1ccccn1. The van der Waals surface area contributed by atoms with Crippen molar-refractivity contribution in [3.63, 3.8) is 0 Å². The number of nitrogens with zero attached hydrogens (tertiary/aromatic N) is 2. The Morgan fingerprint density at radius 2 is 2.03 bits per heavy atom. The minimum absolute atomic E-state index is 0.0428. The molecule has 6 heteroatoms. The first-order valence-corrected chi connectivity index (χ1v) is 11.4. The van der Waals surface area contributed by atoms with Crippen molar-refractivity contribution < 1.29 is 4.79 Å². The van der Waals surface area contributed by atoms with Crippen LogP contribution in [0.2, 0.25) is 10.0 Å². The second-order valence-corrected chi connectivity index (χ2v) is 9.97. The molecule has 1 N–H and O–H groups in total. The topological polar surface area (TPSA) is 45.2 Å². The monoisotopic (exact) mass is 447 g/mol. The van der Waals surface area contributed by atoms with E-state index in [-0.39, 0.29) is 11.9 Å². The third-order valence-electron chi connectivity index (χ3n) is 5.68. The average Bonchev–Trinajstić information content (AvgIpc) is 2.70. The van der Waals surface area contributed by atoms with Crippen LogP contribution in [0.15, 0.2) is 42.6 Å². The molecule has 2 heterocycles. The molecule has 4 nitrogen and oxygen atoms in total. The molecule has 1 aliphatic heterocycles. The normalized spacial score (nSPS) is 18.8. The van der Waals surface area contributed by atoms with Crippen molar-refractivity contribution in [1.29, 1.82) is 0 Å². The lowest BCUT2D eigenvalue weighted by atomic mass is 9.91. The van der Waals surface area contributed by atoms with E-state index in [0.29, 0.717) is 16.1 Å². The Labute approximate surface area is 190 Å². The molecule has 0 saturated carbocycles. The van der Waals surface area contributed by atoms with Gasteiger partial charge in [0.2, 0.25) is 5.91 Å². The van der Waals surface area contributed by atoms with Gasteiger partial charge in [0.05, 0.1) is 11.7 Å². The summed E-state index contributed by atoms with van der Waals surface area (Å²) in [6, 6.07) is 11.8. The Bertz CT molecular complexity index is 851. The van der Waals surface area contributed by atoms with E-state index in [0.717, 1.165) is 37.2 Å². The number of hydrogen-bond acceptors (Lipinski definition) is 3. The van der Waals surface area contributed by atoms with Crippen molar-refractivity contribution in [3.8, 4) is 0 Å². The van der Waals surface area contributed by atoms with Crippen LogP contribution < -0.4 is 5.32 Å². The Morgan fingerprint density at radius 1 is 1.23 bits per heavy atom. The van der Waals surface area contributed by atoms with Crippen LogP contribution in [0.5, 0.6) is 0 Å². The number of amides is 1. The lowest BCUT2D eigenvalue weighted by Crippen LogP contribution is -2.44. The molecule has 0 radical (unpaired) electrons. The van der Waals surface area contributed by atoms with Gasteiger partial charge in [0.1, 0.15) is 0 Å². The summed E-state index contributed by atoms with van der Waals surface area (Å²) in [7, 11) is 0. The second kappa shape index (κ2) is 10.1. The summed E-state index contributed by atoms with van der Waals surface area (Å²) >= 11 is 12.5. The molecular weight excluding hydrogens is 417 g/mol. The molecule has 30 heavy (non-hydrogen) atoms. The van der Waals surface area contributed by atoms with Gasteiger partial charge < -0.3 is 5.32 Å². The Kier molecular flexibility index (Phi) is 7.78. The van der Waals surface area contributed by atoms with Gasteiger partial charge in [-0.25, -0.2) is 0 Å². The lowest BCUT2D eigenvalue weighted by Gasteiger charge is -2.38. The van der Waals surface area contributed by atoms with Crippen LogP contribution in [0, 0.1) is 5.41 Å². The summed E-state index contributed by atoms with van der Waals surface area (Å²) in [6.45, 7) is 7.61. The fourth-order valence-corrected chi connectivity index (χ4v) is 4.35. The summed E-state index contributed by atoms with van der Waals surface area (Å²) in [5, 5.41) is 4.61. The van der Waals surface area contributed by atoms with E-state index in [2.05, 4.69) is 15.2 Å². The van der Waals surface area contributed by atoms with Crippen molar-refractivity contribution in [2.45, 2.75) is 65.1 Å². The maximum absolute atomic E-state index is 12.8. The number of rotatable bonds is 6. The van der Waals surface area contributed by atoms with Crippen molar-refractivity contribution in [2.24, 2.45) is 5.41 Å². The van der Waals surface area contributed by atoms with Crippen LogP contribution in [0.25, 0.3) is 0 Å². The molecule has 2 atom stereocenters. The zero-order valence-corrected chi connectivity index (χ0v) is 19.5. The second-order valence-electron chi connectivity index (χ2n) is 9.12. The zero-order chi connectivity index (χ0) is 21.7. The number of carbonyl (C=O) groups excluding carboxylic acids is 1. The Hall–Kier alpha value is -1.62. The molecule has 3 rings (SSSR count). The number of carbonyl (C=O) groups is 1. The first kappa shape index (κ1) is 23.1. The van der Waals surface area contributed by atoms with Gasteiger partial charge in [-0.3, -0.25) is 14.7 Å². The van der Waals surface area contributed by atoms with Crippen LogP contribution in [0.4, 0.5) is 0 Å².